The van der Waals surface area contributed by atoms with E-state index in [-0.39, 0.29) is 23.7 Å². The molecule has 0 radical (unpaired) electrons. The number of carbonyl (C=O) groups is 1. The van der Waals surface area contributed by atoms with E-state index in [2.05, 4.69) is 45.0 Å². The zero-order valence-corrected chi connectivity index (χ0v) is 22.1. The first-order chi connectivity index (χ1) is 17.7. The van der Waals surface area contributed by atoms with E-state index in [4.69, 9.17) is 9.47 Å². The Morgan fingerprint density at radius 1 is 1.03 bits per heavy atom. The third-order valence-electron chi connectivity index (χ3n) is 6.95. The first kappa shape index (κ1) is 24.9. The van der Waals surface area contributed by atoms with Crippen LogP contribution in [0.4, 0.5) is 0 Å². The molecule has 1 heterocycles. The highest BCUT2D eigenvalue weighted by molar-refractivity contribution is 6.08. The fraction of sp³-hybridized carbons (Fsp3) is 0.344. The molecule has 0 spiro atoms. The van der Waals surface area contributed by atoms with E-state index in [0.717, 1.165) is 27.6 Å². The maximum Gasteiger partial charge on any atom is 0.355 e. The van der Waals surface area contributed by atoms with Crippen molar-refractivity contribution >= 4 is 16.9 Å². The third-order valence-corrected chi connectivity index (χ3v) is 6.95. The minimum Gasteiger partial charge on any atom is -0.508 e. The molecule has 0 amide bonds. The number of esters is 1. The number of hydrogen-bond acceptors (Lipinski definition) is 4. The van der Waals surface area contributed by atoms with Crippen molar-refractivity contribution in [2.75, 3.05) is 13.2 Å². The molecule has 1 saturated carbocycles. The number of carbonyl (C=O) groups excluding carboxylic acids is 1. The van der Waals surface area contributed by atoms with Crippen molar-refractivity contribution in [3.63, 3.8) is 0 Å². The van der Waals surface area contributed by atoms with Gasteiger partial charge in [-0.3, -0.25) is 0 Å². The summed E-state index contributed by atoms with van der Waals surface area (Å²) in [6.07, 6.45) is 2.40. The van der Waals surface area contributed by atoms with Crippen LogP contribution in [0.5, 0.6) is 11.5 Å². The van der Waals surface area contributed by atoms with Crippen LogP contribution in [0, 0.1) is 5.92 Å². The van der Waals surface area contributed by atoms with Gasteiger partial charge in [0.2, 0.25) is 0 Å². The van der Waals surface area contributed by atoms with Crippen LogP contribution in [0.3, 0.4) is 0 Å². The molecule has 0 saturated heterocycles. The lowest BCUT2D eigenvalue weighted by Crippen LogP contribution is -2.14. The van der Waals surface area contributed by atoms with Gasteiger partial charge in [-0.2, -0.15) is 0 Å². The Morgan fingerprint density at radius 3 is 2.43 bits per heavy atom. The van der Waals surface area contributed by atoms with E-state index in [1.165, 1.54) is 18.4 Å². The highest BCUT2D eigenvalue weighted by atomic mass is 16.5. The Balaban J connectivity index is 1.63. The van der Waals surface area contributed by atoms with Crippen molar-refractivity contribution < 1.29 is 19.4 Å². The van der Waals surface area contributed by atoms with Crippen molar-refractivity contribution in [1.82, 2.24) is 4.57 Å². The normalized spacial score (nSPS) is 13.6. The highest BCUT2D eigenvalue weighted by Crippen LogP contribution is 2.38. The number of aromatic nitrogens is 1. The number of para-hydroxylation sites is 1. The van der Waals surface area contributed by atoms with E-state index in [9.17, 15) is 9.90 Å². The Bertz CT molecular complexity index is 1420. The smallest absolute Gasteiger partial charge is 0.355 e. The number of ether oxygens (including phenoxy) is 2. The van der Waals surface area contributed by atoms with Crippen LogP contribution in [0.25, 0.3) is 22.0 Å². The van der Waals surface area contributed by atoms with E-state index in [1.807, 2.05) is 41.8 Å². The van der Waals surface area contributed by atoms with E-state index >= 15 is 0 Å². The molecule has 1 fully saturated rings. The summed E-state index contributed by atoms with van der Waals surface area (Å²) in [5.41, 5.74) is 5.39. The van der Waals surface area contributed by atoms with E-state index < -0.39 is 0 Å². The zero-order valence-electron chi connectivity index (χ0n) is 22.1. The second-order valence-corrected chi connectivity index (χ2v) is 11.0. The summed E-state index contributed by atoms with van der Waals surface area (Å²) >= 11 is 0. The zero-order chi connectivity index (χ0) is 26.2. The molecule has 1 aliphatic rings. The predicted octanol–water partition coefficient (Wildman–Crippen LogP) is 7.33. The molecule has 1 N–H and O–H groups in total. The van der Waals surface area contributed by atoms with Gasteiger partial charge >= 0.3 is 5.97 Å². The van der Waals surface area contributed by atoms with Crippen LogP contribution in [-0.2, 0) is 16.7 Å². The molecule has 1 aromatic heterocycles. The van der Waals surface area contributed by atoms with Gasteiger partial charge in [0.1, 0.15) is 17.2 Å². The number of aromatic hydroxyl groups is 1. The first-order valence-electron chi connectivity index (χ1n) is 13.1. The maximum atomic E-state index is 13.4. The fourth-order valence-corrected chi connectivity index (χ4v) is 4.81. The molecule has 5 rings (SSSR count). The summed E-state index contributed by atoms with van der Waals surface area (Å²) in [5, 5.41) is 11.4. The van der Waals surface area contributed by atoms with Gasteiger partial charge in [-0.25, -0.2) is 4.79 Å². The van der Waals surface area contributed by atoms with Gasteiger partial charge in [0.15, 0.2) is 0 Å². The molecule has 4 aromatic rings. The molecule has 0 aliphatic heterocycles. The molecule has 0 unspecified atom stereocenters. The topological polar surface area (TPSA) is 60.7 Å². The number of rotatable bonds is 8. The SMILES string of the molecule is CCOC(=O)c1c(-c2ccc(C(C)(C)C)cc2)c2ccccc2n1Cc1cc(O)cc(OCC2CC2)c1. The molecular formula is C32H35NO4. The molecule has 1 aliphatic carbocycles. The Kier molecular flexibility index (Phi) is 6.72. The molecule has 37 heavy (non-hydrogen) atoms. The lowest BCUT2D eigenvalue weighted by molar-refractivity contribution is 0.0516. The number of benzene rings is 3. The van der Waals surface area contributed by atoms with E-state index in [1.54, 1.807) is 12.1 Å². The van der Waals surface area contributed by atoms with Crippen molar-refractivity contribution in [3.05, 3.63) is 83.6 Å². The molecule has 3 aromatic carbocycles. The average Bonchev–Trinajstić information content (AvgIpc) is 3.64. The lowest BCUT2D eigenvalue weighted by atomic mass is 9.86. The van der Waals surface area contributed by atoms with E-state index in [0.29, 0.717) is 30.5 Å². The molecule has 5 heteroatoms. The minimum absolute atomic E-state index is 0.0328. The standard InChI is InChI=1S/C32H35NO4/c1-5-36-31(35)30-29(23-12-14-24(15-13-23)32(2,3)4)27-8-6-7-9-28(27)33(30)19-22-16-25(34)18-26(17-22)37-20-21-10-11-21/h6-9,12-18,21,34H,5,10-11,19-20H2,1-4H3. The van der Waals surface area contributed by atoms with Crippen LogP contribution < -0.4 is 4.74 Å². The number of phenols is 1. The summed E-state index contributed by atoms with van der Waals surface area (Å²) in [4.78, 5) is 13.4. The monoisotopic (exact) mass is 497 g/mol. The van der Waals surface area contributed by atoms with Crippen LogP contribution in [0.1, 0.15) is 62.2 Å². The summed E-state index contributed by atoms with van der Waals surface area (Å²) in [5.74, 6) is 1.05. The summed E-state index contributed by atoms with van der Waals surface area (Å²) in [6.45, 7) is 9.73. The summed E-state index contributed by atoms with van der Waals surface area (Å²) in [6, 6.07) is 21.8. The van der Waals surface area contributed by atoms with Crippen LogP contribution in [0.15, 0.2) is 66.7 Å². The minimum atomic E-state index is -0.362. The van der Waals surface area contributed by atoms with Crippen molar-refractivity contribution in [1.29, 1.82) is 0 Å². The molecular weight excluding hydrogens is 462 g/mol. The number of fused-ring (bicyclic) bond motifs is 1. The Labute approximate surface area is 218 Å². The van der Waals surface area contributed by atoms with Gasteiger partial charge < -0.3 is 19.1 Å². The van der Waals surface area contributed by atoms with Crippen molar-refractivity contribution in [2.24, 2.45) is 5.92 Å². The second-order valence-electron chi connectivity index (χ2n) is 11.0. The van der Waals surface area contributed by atoms with Gasteiger partial charge in [0.25, 0.3) is 0 Å². The third kappa shape index (κ3) is 5.36. The maximum absolute atomic E-state index is 13.4. The molecule has 5 nitrogen and oxygen atoms in total. The second kappa shape index (κ2) is 9.97. The number of phenolic OH excluding ortho intramolecular Hbond substituents is 1. The van der Waals surface area contributed by atoms with Gasteiger partial charge in [-0.05, 0) is 66.0 Å². The quantitative estimate of drug-likeness (QED) is 0.259. The van der Waals surface area contributed by atoms with Crippen molar-refractivity contribution in [2.45, 2.75) is 52.5 Å². The van der Waals surface area contributed by atoms with Crippen LogP contribution in [0.2, 0.25) is 0 Å². The molecule has 0 atom stereocenters. The Morgan fingerprint density at radius 2 is 1.76 bits per heavy atom. The summed E-state index contributed by atoms with van der Waals surface area (Å²) in [7, 11) is 0. The van der Waals surface area contributed by atoms with Gasteiger partial charge in [-0.1, -0.05) is 63.2 Å². The van der Waals surface area contributed by atoms with Crippen molar-refractivity contribution in [3.8, 4) is 22.6 Å². The van der Waals surface area contributed by atoms with Crippen LogP contribution >= 0.6 is 0 Å². The van der Waals surface area contributed by atoms with Gasteiger partial charge in [0.05, 0.1) is 13.2 Å². The Hall–Kier alpha value is -3.73. The van der Waals surface area contributed by atoms with Crippen LogP contribution in [-0.4, -0.2) is 28.9 Å². The average molecular weight is 498 g/mol. The summed E-state index contributed by atoms with van der Waals surface area (Å²) < 4.78 is 13.5. The first-order valence-corrected chi connectivity index (χ1v) is 13.1. The largest absolute Gasteiger partial charge is 0.508 e. The number of nitrogens with zero attached hydrogens (tertiary/aromatic N) is 1. The molecule has 192 valence electrons. The predicted molar refractivity (Wildman–Crippen MR) is 147 cm³/mol. The number of hydrogen-bond donors (Lipinski definition) is 1. The molecule has 0 bridgehead atoms. The lowest BCUT2D eigenvalue weighted by Gasteiger charge is -2.19. The highest BCUT2D eigenvalue weighted by Gasteiger charge is 2.26. The fourth-order valence-electron chi connectivity index (χ4n) is 4.81. The van der Waals surface area contributed by atoms with Gasteiger partial charge in [0, 0.05) is 29.1 Å². The van der Waals surface area contributed by atoms with Gasteiger partial charge in [-0.15, -0.1) is 0 Å².